The second kappa shape index (κ2) is 9.33. The summed E-state index contributed by atoms with van der Waals surface area (Å²) in [6.07, 6.45) is 10.3. The first-order valence-electron chi connectivity index (χ1n) is 11.1. The van der Waals surface area contributed by atoms with E-state index in [0.717, 1.165) is 71.5 Å². The van der Waals surface area contributed by atoms with E-state index in [1.165, 1.54) is 18.4 Å². The van der Waals surface area contributed by atoms with Gasteiger partial charge in [0.25, 0.3) is 0 Å². The zero-order valence-corrected chi connectivity index (χ0v) is 17.0. The highest BCUT2D eigenvalue weighted by Crippen LogP contribution is 2.26. The van der Waals surface area contributed by atoms with Gasteiger partial charge in [0.15, 0.2) is 0 Å². The molecule has 0 saturated carbocycles. The molecule has 1 atom stereocenters. The Kier molecular flexibility index (Phi) is 6.60. The third-order valence-electron chi connectivity index (χ3n) is 6.86. The Bertz CT molecular complexity index is 623. The molecular formula is C22H35N5O. The minimum Gasteiger partial charge on any atom is -0.342 e. The molecule has 0 aromatic carbocycles. The number of amides is 1. The van der Waals surface area contributed by atoms with Crippen LogP contribution in [-0.2, 0) is 11.3 Å². The van der Waals surface area contributed by atoms with Crippen LogP contribution in [0.15, 0.2) is 24.5 Å². The number of piperidine rings is 3. The maximum absolute atomic E-state index is 13.0. The van der Waals surface area contributed by atoms with Crippen molar-refractivity contribution in [2.75, 3.05) is 39.3 Å². The Balaban J connectivity index is 1.25. The standard InChI is InChI=1S/C22H35N5O/c23-20-5-13-26(14-6-20)22(28)19-4-2-10-27(17-19)21-7-11-25(12-8-21)16-18-3-1-9-24-15-18/h1,3,9,15,19-21H,2,4-8,10-14,16-17,23H2/t19-/m0/s1. The Morgan fingerprint density at radius 3 is 2.57 bits per heavy atom. The number of rotatable bonds is 4. The summed E-state index contributed by atoms with van der Waals surface area (Å²) in [6, 6.07) is 5.09. The van der Waals surface area contributed by atoms with Crippen molar-refractivity contribution >= 4 is 5.91 Å². The number of nitrogens with zero attached hydrogens (tertiary/aromatic N) is 4. The molecule has 1 aromatic rings. The molecule has 0 radical (unpaired) electrons. The van der Waals surface area contributed by atoms with Gasteiger partial charge >= 0.3 is 0 Å². The lowest BCUT2D eigenvalue weighted by Gasteiger charge is -2.43. The summed E-state index contributed by atoms with van der Waals surface area (Å²) in [5.74, 6) is 0.571. The molecule has 2 N–H and O–H groups in total. The van der Waals surface area contributed by atoms with E-state index in [2.05, 4.69) is 25.8 Å². The first-order chi connectivity index (χ1) is 13.7. The maximum Gasteiger partial charge on any atom is 0.226 e. The second-order valence-corrected chi connectivity index (χ2v) is 8.87. The van der Waals surface area contributed by atoms with E-state index in [-0.39, 0.29) is 12.0 Å². The lowest BCUT2D eigenvalue weighted by atomic mass is 9.92. The van der Waals surface area contributed by atoms with E-state index in [9.17, 15) is 4.79 Å². The van der Waals surface area contributed by atoms with Gasteiger partial charge in [0.2, 0.25) is 5.91 Å². The van der Waals surface area contributed by atoms with Crippen LogP contribution in [0.3, 0.4) is 0 Å². The van der Waals surface area contributed by atoms with Crippen molar-refractivity contribution in [1.29, 1.82) is 0 Å². The number of pyridine rings is 1. The summed E-state index contributed by atoms with van der Waals surface area (Å²) in [7, 11) is 0. The van der Waals surface area contributed by atoms with Gasteiger partial charge in [-0.05, 0) is 69.8 Å². The zero-order chi connectivity index (χ0) is 19.3. The monoisotopic (exact) mass is 385 g/mol. The lowest BCUT2D eigenvalue weighted by molar-refractivity contribution is -0.138. The number of nitrogens with two attached hydrogens (primary N) is 1. The first-order valence-corrected chi connectivity index (χ1v) is 11.1. The smallest absolute Gasteiger partial charge is 0.226 e. The van der Waals surface area contributed by atoms with Crippen molar-refractivity contribution < 1.29 is 4.79 Å². The van der Waals surface area contributed by atoms with Crippen LogP contribution in [0.1, 0.15) is 44.1 Å². The molecular weight excluding hydrogens is 350 g/mol. The Morgan fingerprint density at radius 2 is 1.86 bits per heavy atom. The van der Waals surface area contributed by atoms with Gasteiger partial charge in [-0.25, -0.2) is 0 Å². The molecule has 3 aliphatic rings. The third-order valence-corrected chi connectivity index (χ3v) is 6.86. The Labute approximate surface area is 169 Å². The maximum atomic E-state index is 13.0. The second-order valence-electron chi connectivity index (χ2n) is 8.87. The molecule has 28 heavy (non-hydrogen) atoms. The van der Waals surface area contributed by atoms with Gasteiger partial charge in [-0.15, -0.1) is 0 Å². The van der Waals surface area contributed by atoms with Gasteiger partial charge in [0.05, 0.1) is 5.92 Å². The van der Waals surface area contributed by atoms with Crippen molar-refractivity contribution in [3.05, 3.63) is 30.1 Å². The van der Waals surface area contributed by atoms with Crippen LogP contribution in [0.2, 0.25) is 0 Å². The number of likely N-dealkylation sites (tertiary alicyclic amines) is 3. The van der Waals surface area contributed by atoms with Crippen LogP contribution in [0.4, 0.5) is 0 Å². The molecule has 1 amide bonds. The molecule has 4 heterocycles. The Hall–Kier alpha value is -1.50. The van der Waals surface area contributed by atoms with Crippen LogP contribution < -0.4 is 5.73 Å². The molecule has 4 rings (SSSR count). The van der Waals surface area contributed by atoms with Gasteiger partial charge in [0, 0.05) is 50.7 Å². The van der Waals surface area contributed by atoms with Crippen molar-refractivity contribution in [3.8, 4) is 0 Å². The van der Waals surface area contributed by atoms with Gasteiger partial charge in [0.1, 0.15) is 0 Å². The molecule has 6 nitrogen and oxygen atoms in total. The van der Waals surface area contributed by atoms with Crippen molar-refractivity contribution in [3.63, 3.8) is 0 Å². The summed E-state index contributed by atoms with van der Waals surface area (Å²) in [6.45, 7) is 7.08. The third kappa shape index (κ3) is 4.91. The molecule has 6 heteroatoms. The average molecular weight is 386 g/mol. The summed E-state index contributed by atoms with van der Waals surface area (Å²) >= 11 is 0. The highest BCUT2D eigenvalue weighted by atomic mass is 16.2. The van der Waals surface area contributed by atoms with Gasteiger partial charge in [-0.2, -0.15) is 0 Å². The van der Waals surface area contributed by atoms with Crippen molar-refractivity contribution in [2.45, 2.75) is 57.2 Å². The van der Waals surface area contributed by atoms with Crippen LogP contribution >= 0.6 is 0 Å². The fourth-order valence-corrected chi connectivity index (χ4v) is 5.11. The largest absolute Gasteiger partial charge is 0.342 e. The van der Waals surface area contributed by atoms with E-state index < -0.39 is 0 Å². The molecule has 0 unspecified atom stereocenters. The molecule has 0 spiro atoms. The zero-order valence-electron chi connectivity index (χ0n) is 17.0. The minimum absolute atomic E-state index is 0.191. The Morgan fingerprint density at radius 1 is 1.07 bits per heavy atom. The summed E-state index contributed by atoms with van der Waals surface area (Å²) in [5.41, 5.74) is 7.30. The normalized spacial score (nSPS) is 26.5. The molecule has 154 valence electrons. The van der Waals surface area contributed by atoms with E-state index in [4.69, 9.17) is 5.73 Å². The van der Waals surface area contributed by atoms with Crippen LogP contribution in [0.5, 0.6) is 0 Å². The number of carbonyl (C=O) groups excluding carboxylic acids is 1. The molecule has 0 aliphatic carbocycles. The van der Waals surface area contributed by atoms with Crippen LogP contribution in [-0.4, -0.2) is 76.9 Å². The first kappa shape index (κ1) is 19.8. The average Bonchev–Trinajstić information content (AvgIpc) is 2.75. The predicted molar refractivity (Wildman–Crippen MR) is 111 cm³/mol. The van der Waals surface area contributed by atoms with Crippen molar-refractivity contribution in [1.82, 2.24) is 19.7 Å². The van der Waals surface area contributed by atoms with Crippen LogP contribution in [0.25, 0.3) is 0 Å². The topological polar surface area (TPSA) is 65.7 Å². The fourth-order valence-electron chi connectivity index (χ4n) is 5.11. The van der Waals surface area contributed by atoms with Gasteiger partial charge < -0.3 is 10.6 Å². The molecule has 3 fully saturated rings. The molecule has 1 aromatic heterocycles. The highest BCUT2D eigenvalue weighted by Gasteiger charge is 2.34. The minimum atomic E-state index is 0.191. The fraction of sp³-hybridized carbons (Fsp3) is 0.727. The molecule has 0 bridgehead atoms. The lowest BCUT2D eigenvalue weighted by Crippen LogP contribution is -2.52. The van der Waals surface area contributed by atoms with E-state index in [0.29, 0.717) is 11.9 Å². The number of hydrogen-bond acceptors (Lipinski definition) is 5. The van der Waals surface area contributed by atoms with Crippen molar-refractivity contribution in [2.24, 2.45) is 11.7 Å². The van der Waals surface area contributed by atoms with Gasteiger partial charge in [-0.3, -0.25) is 19.6 Å². The van der Waals surface area contributed by atoms with Crippen LogP contribution in [0, 0.1) is 5.92 Å². The van der Waals surface area contributed by atoms with Gasteiger partial charge in [-0.1, -0.05) is 6.07 Å². The molecule has 3 aliphatic heterocycles. The quantitative estimate of drug-likeness (QED) is 0.855. The van der Waals surface area contributed by atoms with E-state index in [1.807, 2.05) is 18.5 Å². The summed E-state index contributed by atoms with van der Waals surface area (Å²) in [4.78, 5) is 24.4. The molecule has 3 saturated heterocycles. The highest BCUT2D eigenvalue weighted by molar-refractivity contribution is 5.79. The summed E-state index contributed by atoms with van der Waals surface area (Å²) < 4.78 is 0. The van der Waals surface area contributed by atoms with E-state index in [1.54, 1.807) is 0 Å². The SMILES string of the molecule is NC1CCN(C(=O)[C@H]2CCCN(C3CCN(Cc4cccnc4)CC3)C2)CC1. The number of aromatic nitrogens is 1. The van der Waals surface area contributed by atoms with E-state index >= 15 is 0 Å². The number of carbonyl (C=O) groups is 1. The number of hydrogen-bond donors (Lipinski definition) is 1. The predicted octanol–water partition coefficient (Wildman–Crippen LogP) is 1.71. The summed E-state index contributed by atoms with van der Waals surface area (Å²) in [5, 5.41) is 0.